The minimum Gasteiger partial charge on any atom is -0.380 e. The van der Waals surface area contributed by atoms with E-state index in [9.17, 15) is 5.26 Å². The molecule has 0 unspecified atom stereocenters. The number of aromatic nitrogens is 2. The van der Waals surface area contributed by atoms with Crippen molar-refractivity contribution in [2.45, 2.75) is 6.54 Å². The molecule has 4 rings (SSSR count). The van der Waals surface area contributed by atoms with Crippen LogP contribution in [0.1, 0.15) is 11.3 Å². The van der Waals surface area contributed by atoms with Gasteiger partial charge in [-0.05, 0) is 29.8 Å². The number of hydrogen-bond donors (Lipinski definition) is 1. The number of hydrogen-bond acceptors (Lipinski definition) is 6. The van der Waals surface area contributed by atoms with Crippen molar-refractivity contribution in [1.82, 2.24) is 9.97 Å². The molecule has 1 fully saturated rings. The molecule has 0 saturated carbocycles. The minimum atomic E-state index is 0.412. The number of nitriles is 1. The zero-order chi connectivity index (χ0) is 17.8. The van der Waals surface area contributed by atoms with E-state index in [4.69, 9.17) is 4.74 Å². The molecule has 3 aromatic rings. The van der Waals surface area contributed by atoms with E-state index in [1.54, 1.807) is 6.07 Å². The van der Waals surface area contributed by atoms with Gasteiger partial charge in [0.25, 0.3) is 0 Å². The fraction of sp³-hybridized carbons (Fsp3) is 0.250. The number of anilines is 2. The highest BCUT2D eigenvalue weighted by Gasteiger charge is 2.12. The number of nitrogens with zero attached hydrogens (tertiary/aromatic N) is 4. The van der Waals surface area contributed by atoms with Crippen LogP contribution in [0.4, 0.5) is 11.5 Å². The van der Waals surface area contributed by atoms with Gasteiger partial charge in [0, 0.05) is 36.9 Å². The summed E-state index contributed by atoms with van der Waals surface area (Å²) in [6, 6.07) is 15.9. The first-order valence-corrected chi connectivity index (χ1v) is 8.65. The third kappa shape index (κ3) is 3.44. The quantitative estimate of drug-likeness (QED) is 0.784. The topological polar surface area (TPSA) is 74.1 Å². The van der Waals surface area contributed by atoms with Gasteiger partial charge < -0.3 is 15.0 Å². The third-order valence-electron chi connectivity index (χ3n) is 4.46. The maximum absolute atomic E-state index is 9.22. The van der Waals surface area contributed by atoms with Gasteiger partial charge in [-0.1, -0.05) is 18.2 Å². The van der Waals surface area contributed by atoms with E-state index in [-0.39, 0.29) is 0 Å². The van der Waals surface area contributed by atoms with Crippen LogP contribution in [0.5, 0.6) is 0 Å². The first-order chi connectivity index (χ1) is 12.8. The van der Waals surface area contributed by atoms with E-state index in [1.807, 2.05) is 36.5 Å². The van der Waals surface area contributed by atoms with Crippen LogP contribution in [-0.2, 0) is 11.3 Å². The van der Waals surface area contributed by atoms with Crippen molar-refractivity contribution in [1.29, 1.82) is 5.26 Å². The monoisotopic (exact) mass is 345 g/mol. The van der Waals surface area contributed by atoms with E-state index >= 15 is 0 Å². The molecule has 6 heteroatoms. The lowest BCUT2D eigenvalue weighted by Crippen LogP contribution is -2.36. The Morgan fingerprint density at radius 3 is 2.85 bits per heavy atom. The fourth-order valence-electron chi connectivity index (χ4n) is 3.11. The van der Waals surface area contributed by atoms with Crippen molar-refractivity contribution >= 4 is 22.4 Å². The summed E-state index contributed by atoms with van der Waals surface area (Å²) in [6.45, 7) is 3.86. The predicted octanol–water partition coefficient (Wildman–Crippen LogP) is 2.95. The van der Waals surface area contributed by atoms with Crippen LogP contribution < -0.4 is 10.2 Å². The first kappa shape index (κ1) is 16.3. The van der Waals surface area contributed by atoms with E-state index in [2.05, 4.69) is 32.3 Å². The van der Waals surface area contributed by atoms with E-state index in [0.717, 1.165) is 54.3 Å². The molecule has 0 spiro atoms. The first-order valence-electron chi connectivity index (χ1n) is 8.65. The SMILES string of the molecule is N#Cc1cc(NCc2ccnc(N3CCOCC3)c2)c2ccccc2n1. The van der Waals surface area contributed by atoms with Crippen LogP contribution in [0.25, 0.3) is 10.9 Å². The van der Waals surface area contributed by atoms with Crippen molar-refractivity contribution < 1.29 is 4.74 Å². The van der Waals surface area contributed by atoms with Gasteiger partial charge in [-0.15, -0.1) is 0 Å². The number of nitrogens with one attached hydrogen (secondary N) is 1. The smallest absolute Gasteiger partial charge is 0.143 e. The Bertz CT molecular complexity index is 960. The average Bonchev–Trinajstić information content (AvgIpc) is 2.72. The van der Waals surface area contributed by atoms with Gasteiger partial charge >= 0.3 is 0 Å². The molecule has 1 aromatic carbocycles. The maximum atomic E-state index is 9.22. The third-order valence-corrected chi connectivity index (χ3v) is 4.46. The number of rotatable bonds is 4. The molecule has 2 aromatic heterocycles. The van der Waals surface area contributed by atoms with Gasteiger partial charge in [-0.25, -0.2) is 9.97 Å². The van der Waals surface area contributed by atoms with Crippen LogP contribution in [-0.4, -0.2) is 36.3 Å². The molecule has 26 heavy (non-hydrogen) atoms. The summed E-state index contributed by atoms with van der Waals surface area (Å²) in [4.78, 5) is 11.1. The number of fused-ring (bicyclic) bond motifs is 1. The number of ether oxygens (including phenoxy) is 1. The second-order valence-electron chi connectivity index (χ2n) is 6.16. The number of para-hydroxylation sites is 1. The summed E-state index contributed by atoms with van der Waals surface area (Å²) in [7, 11) is 0. The largest absolute Gasteiger partial charge is 0.380 e. The average molecular weight is 345 g/mol. The second kappa shape index (κ2) is 7.38. The Labute approximate surface area is 152 Å². The Morgan fingerprint density at radius 2 is 2.00 bits per heavy atom. The molecule has 130 valence electrons. The maximum Gasteiger partial charge on any atom is 0.143 e. The molecule has 1 aliphatic rings. The molecule has 0 amide bonds. The Balaban J connectivity index is 1.56. The van der Waals surface area contributed by atoms with E-state index in [0.29, 0.717) is 12.2 Å². The van der Waals surface area contributed by atoms with Crippen molar-refractivity contribution in [3.8, 4) is 6.07 Å². The van der Waals surface area contributed by atoms with Crippen molar-refractivity contribution in [3.63, 3.8) is 0 Å². The summed E-state index contributed by atoms with van der Waals surface area (Å²) in [5.41, 5.74) is 3.28. The molecule has 3 heterocycles. The summed E-state index contributed by atoms with van der Waals surface area (Å²) < 4.78 is 5.41. The number of benzene rings is 1. The zero-order valence-corrected chi connectivity index (χ0v) is 14.4. The van der Waals surface area contributed by atoms with Gasteiger partial charge in [0.15, 0.2) is 0 Å². The predicted molar refractivity (Wildman–Crippen MR) is 101 cm³/mol. The van der Waals surface area contributed by atoms with E-state index in [1.165, 1.54) is 0 Å². The molecular weight excluding hydrogens is 326 g/mol. The zero-order valence-electron chi connectivity index (χ0n) is 14.4. The van der Waals surface area contributed by atoms with Crippen molar-refractivity contribution in [3.05, 3.63) is 59.9 Å². The fourth-order valence-corrected chi connectivity index (χ4v) is 3.11. The lowest BCUT2D eigenvalue weighted by atomic mass is 10.1. The van der Waals surface area contributed by atoms with Crippen LogP contribution in [0.15, 0.2) is 48.7 Å². The summed E-state index contributed by atoms with van der Waals surface area (Å²) in [5.74, 6) is 0.977. The summed E-state index contributed by atoms with van der Waals surface area (Å²) >= 11 is 0. The van der Waals surface area contributed by atoms with Crippen molar-refractivity contribution in [2.24, 2.45) is 0 Å². The minimum absolute atomic E-state index is 0.412. The molecule has 1 N–H and O–H groups in total. The molecule has 6 nitrogen and oxygen atoms in total. The van der Waals surface area contributed by atoms with Crippen LogP contribution in [0.3, 0.4) is 0 Å². The molecular formula is C20H19N5O. The van der Waals surface area contributed by atoms with Gasteiger partial charge in [0.2, 0.25) is 0 Å². The number of morpholine rings is 1. The molecule has 0 aliphatic carbocycles. The lowest BCUT2D eigenvalue weighted by Gasteiger charge is -2.28. The highest BCUT2D eigenvalue weighted by Crippen LogP contribution is 2.24. The Kier molecular flexibility index (Phi) is 4.63. The van der Waals surface area contributed by atoms with Gasteiger partial charge in [-0.3, -0.25) is 0 Å². The molecule has 0 radical (unpaired) electrons. The normalized spacial score (nSPS) is 14.2. The van der Waals surface area contributed by atoms with Gasteiger partial charge in [-0.2, -0.15) is 5.26 Å². The van der Waals surface area contributed by atoms with Gasteiger partial charge in [0.1, 0.15) is 17.6 Å². The number of pyridine rings is 2. The highest BCUT2D eigenvalue weighted by molar-refractivity contribution is 5.91. The molecule has 1 saturated heterocycles. The Hall–Kier alpha value is -3.17. The van der Waals surface area contributed by atoms with E-state index < -0.39 is 0 Å². The standard InChI is InChI=1S/C20H19N5O/c21-13-16-12-19(17-3-1-2-4-18(17)24-16)23-14-15-5-6-22-20(11-15)25-7-9-26-10-8-25/h1-6,11-12H,7-10,14H2,(H,23,24). The van der Waals surface area contributed by atoms with Crippen LogP contribution in [0, 0.1) is 11.3 Å². The van der Waals surface area contributed by atoms with Crippen molar-refractivity contribution in [2.75, 3.05) is 36.5 Å². The Morgan fingerprint density at radius 1 is 1.15 bits per heavy atom. The summed E-state index contributed by atoms with van der Waals surface area (Å²) in [5, 5.41) is 13.7. The lowest BCUT2D eigenvalue weighted by molar-refractivity contribution is 0.122. The summed E-state index contributed by atoms with van der Waals surface area (Å²) in [6.07, 6.45) is 1.84. The van der Waals surface area contributed by atoms with Gasteiger partial charge in [0.05, 0.1) is 18.7 Å². The van der Waals surface area contributed by atoms with Crippen LogP contribution in [0.2, 0.25) is 0 Å². The van der Waals surface area contributed by atoms with Crippen LogP contribution >= 0.6 is 0 Å². The molecule has 0 bridgehead atoms. The molecule has 0 atom stereocenters. The molecule has 1 aliphatic heterocycles. The second-order valence-corrected chi connectivity index (χ2v) is 6.16. The highest BCUT2D eigenvalue weighted by atomic mass is 16.5.